The van der Waals surface area contributed by atoms with E-state index in [2.05, 4.69) is 10.3 Å². The van der Waals surface area contributed by atoms with Gasteiger partial charge in [-0.2, -0.15) is 0 Å². The van der Waals surface area contributed by atoms with Gasteiger partial charge in [-0.05, 0) is 11.6 Å². The predicted octanol–water partition coefficient (Wildman–Crippen LogP) is 0.399. The second kappa shape index (κ2) is 2.34. The monoisotopic (exact) mass is 148 g/mol. The summed E-state index contributed by atoms with van der Waals surface area (Å²) in [5.74, 6) is 0.159. The molecule has 56 valence electrons. The second-order valence-corrected chi connectivity index (χ2v) is 2.61. The van der Waals surface area contributed by atoms with Crippen LogP contribution in [-0.4, -0.2) is 18.2 Å². The summed E-state index contributed by atoms with van der Waals surface area (Å²) in [6, 6.07) is 0.106. The summed E-state index contributed by atoms with van der Waals surface area (Å²) in [6.07, 6.45) is 7.43. The Hall–Kier alpha value is -1.38. The lowest BCUT2D eigenvalue weighted by Gasteiger charge is -2.18. The number of nitrogens with one attached hydrogen (secondary N) is 1. The van der Waals surface area contributed by atoms with Crippen molar-refractivity contribution in [2.75, 3.05) is 0 Å². The van der Waals surface area contributed by atoms with Gasteiger partial charge < -0.3 is 5.32 Å². The molecule has 11 heavy (non-hydrogen) atoms. The van der Waals surface area contributed by atoms with Crippen LogP contribution in [0.5, 0.6) is 0 Å². The van der Waals surface area contributed by atoms with Gasteiger partial charge in [0.05, 0.1) is 12.4 Å². The van der Waals surface area contributed by atoms with Crippen LogP contribution in [0.1, 0.15) is 6.42 Å². The van der Waals surface area contributed by atoms with Crippen molar-refractivity contribution in [3.63, 3.8) is 0 Å². The van der Waals surface area contributed by atoms with Crippen LogP contribution in [-0.2, 0) is 4.79 Å². The summed E-state index contributed by atoms with van der Waals surface area (Å²) in [4.78, 5) is 15.1. The summed E-state index contributed by atoms with van der Waals surface area (Å²) in [6.45, 7) is 0. The topological polar surface area (TPSA) is 41.5 Å². The molecule has 1 N–H and O–H groups in total. The van der Waals surface area contributed by atoms with Gasteiger partial charge in [0.15, 0.2) is 5.78 Å². The van der Waals surface area contributed by atoms with Crippen LogP contribution in [0.4, 0.5) is 0 Å². The Labute approximate surface area is 64.5 Å². The molecule has 0 saturated carbocycles. The fourth-order valence-electron chi connectivity index (χ4n) is 1.24. The number of fused-ring (bicyclic) bond motifs is 1. The molecule has 0 bridgehead atoms. The van der Waals surface area contributed by atoms with Crippen molar-refractivity contribution in [2.24, 2.45) is 4.99 Å². The molecule has 2 aliphatic rings. The van der Waals surface area contributed by atoms with E-state index in [-0.39, 0.29) is 11.8 Å². The van der Waals surface area contributed by atoms with Gasteiger partial charge in [0, 0.05) is 12.6 Å². The minimum Gasteiger partial charge on any atom is -0.353 e. The number of aliphatic imine (C=N–C) groups is 1. The van der Waals surface area contributed by atoms with Crippen LogP contribution in [0.25, 0.3) is 0 Å². The van der Waals surface area contributed by atoms with E-state index in [1.165, 1.54) is 0 Å². The number of hydrogen-bond donors (Lipinski definition) is 1. The molecule has 1 atom stereocenters. The van der Waals surface area contributed by atoms with Gasteiger partial charge in [-0.25, -0.2) is 0 Å². The van der Waals surface area contributed by atoms with E-state index in [4.69, 9.17) is 0 Å². The smallest absolute Gasteiger partial charge is 0.159 e. The molecule has 0 aromatic carbocycles. The number of hydrogen-bond acceptors (Lipinski definition) is 3. The third-order valence-corrected chi connectivity index (χ3v) is 1.80. The summed E-state index contributed by atoms with van der Waals surface area (Å²) < 4.78 is 0. The molecule has 0 radical (unpaired) electrons. The average Bonchev–Trinajstić information content (AvgIpc) is 2.04. The summed E-state index contributed by atoms with van der Waals surface area (Å²) in [7, 11) is 0. The maximum atomic E-state index is 10.9. The summed E-state index contributed by atoms with van der Waals surface area (Å²) in [5, 5.41) is 2.86. The Morgan fingerprint density at radius 2 is 2.55 bits per heavy atom. The van der Waals surface area contributed by atoms with Gasteiger partial charge in [-0.1, -0.05) is 6.08 Å². The quantitative estimate of drug-likeness (QED) is 0.540. The molecule has 1 heterocycles. The molecule has 1 aliphatic carbocycles. The zero-order valence-corrected chi connectivity index (χ0v) is 5.95. The number of nitrogens with zero attached hydrogens (tertiary/aromatic N) is 1. The first kappa shape index (κ1) is 6.34. The second-order valence-electron chi connectivity index (χ2n) is 2.61. The Kier molecular flexibility index (Phi) is 1.35. The van der Waals surface area contributed by atoms with Crippen LogP contribution in [0, 0.1) is 0 Å². The highest BCUT2D eigenvalue weighted by atomic mass is 16.1. The molecule has 0 aromatic rings. The lowest BCUT2D eigenvalue weighted by Crippen LogP contribution is -2.22. The van der Waals surface area contributed by atoms with Crippen molar-refractivity contribution >= 4 is 12.1 Å². The van der Waals surface area contributed by atoms with Crippen molar-refractivity contribution in [2.45, 2.75) is 12.5 Å². The third-order valence-electron chi connectivity index (χ3n) is 1.80. The van der Waals surface area contributed by atoms with Crippen LogP contribution >= 0.6 is 0 Å². The van der Waals surface area contributed by atoms with Gasteiger partial charge in [0.25, 0.3) is 0 Å². The lowest BCUT2D eigenvalue weighted by atomic mass is 9.96. The highest BCUT2D eigenvalue weighted by molar-refractivity contribution is 5.93. The largest absolute Gasteiger partial charge is 0.353 e. The maximum Gasteiger partial charge on any atom is 0.159 e. The zero-order chi connectivity index (χ0) is 7.68. The molecule has 2 rings (SSSR count). The lowest BCUT2D eigenvalue weighted by molar-refractivity contribution is -0.114. The highest BCUT2D eigenvalue weighted by Gasteiger charge is 2.18. The van der Waals surface area contributed by atoms with Crippen molar-refractivity contribution in [3.8, 4) is 0 Å². The van der Waals surface area contributed by atoms with Crippen LogP contribution in [0.15, 0.2) is 28.9 Å². The number of ketones is 1. The molecule has 0 aromatic heterocycles. The van der Waals surface area contributed by atoms with Gasteiger partial charge in [0.2, 0.25) is 0 Å². The zero-order valence-electron chi connectivity index (χ0n) is 5.95. The Morgan fingerprint density at radius 3 is 3.45 bits per heavy atom. The molecular formula is C8H8N2O. The summed E-state index contributed by atoms with van der Waals surface area (Å²) in [5.41, 5.74) is 1.06. The van der Waals surface area contributed by atoms with Gasteiger partial charge in [0.1, 0.15) is 0 Å². The maximum absolute atomic E-state index is 10.9. The fourth-order valence-corrected chi connectivity index (χ4v) is 1.24. The number of carbonyl (C=O) groups excluding carboxylic acids is 1. The van der Waals surface area contributed by atoms with E-state index in [1.54, 1.807) is 12.4 Å². The first-order valence-corrected chi connectivity index (χ1v) is 3.54. The fraction of sp³-hybridized carbons (Fsp3) is 0.250. The van der Waals surface area contributed by atoms with Crippen LogP contribution in [0.2, 0.25) is 0 Å². The van der Waals surface area contributed by atoms with E-state index in [0.717, 1.165) is 5.57 Å². The first-order chi connectivity index (χ1) is 5.36. The van der Waals surface area contributed by atoms with Crippen molar-refractivity contribution in [1.29, 1.82) is 0 Å². The van der Waals surface area contributed by atoms with Crippen molar-refractivity contribution < 1.29 is 4.79 Å². The minimum absolute atomic E-state index is 0.106. The van der Waals surface area contributed by atoms with E-state index < -0.39 is 0 Å². The van der Waals surface area contributed by atoms with Gasteiger partial charge >= 0.3 is 0 Å². The Balaban J connectivity index is 2.31. The van der Waals surface area contributed by atoms with Crippen molar-refractivity contribution in [3.05, 3.63) is 23.9 Å². The number of carbonyl (C=O) groups is 1. The molecule has 3 nitrogen and oxygen atoms in total. The summed E-state index contributed by atoms with van der Waals surface area (Å²) >= 11 is 0. The average molecular weight is 148 g/mol. The molecule has 3 heteroatoms. The standard InChI is InChI=1S/C8H8N2O/c11-7-1-2-8-6(3-7)4-9-5-10-8/h1-2,4-5,8H,3H2,(H,9,10). The van der Waals surface area contributed by atoms with E-state index >= 15 is 0 Å². The molecular weight excluding hydrogens is 140 g/mol. The Bertz CT molecular complexity index is 276. The Morgan fingerprint density at radius 1 is 1.64 bits per heavy atom. The highest BCUT2D eigenvalue weighted by Crippen LogP contribution is 2.18. The van der Waals surface area contributed by atoms with Crippen LogP contribution < -0.4 is 5.32 Å². The van der Waals surface area contributed by atoms with Crippen LogP contribution in [0.3, 0.4) is 0 Å². The number of allylic oxidation sites excluding steroid dienone is 1. The molecule has 0 amide bonds. The predicted molar refractivity (Wildman–Crippen MR) is 42.3 cm³/mol. The molecule has 1 aliphatic heterocycles. The molecule has 0 spiro atoms. The minimum atomic E-state index is 0.106. The van der Waals surface area contributed by atoms with E-state index in [0.29, 0.717) is 6.42 Å². The molecule has 0 saturated heterocycles. The number of rotatable bonds is 0. The first-order valence-electron chi connectivity index (χ1n) is 3.54. The van der Waals surface area contributed by atoms with E-state index in [1.807, 2.05) is 12.3 Å². The SMILES string of the molecule is O=C1C=CC2N=CNC=C2C1. The van der Waals surface area contributed by atoms with Crippen molar-refractivity contribution in [1.82, 2.24) is 5.32 Å². The van der Waals surface area contributed by atoms with E-state index in [9.17, 15) is 4.79 Å². The third kappa shape index (κ3) is 1.09. The molecule has 1 unspecified atom stereocenters. The normalized spacial score (nSPS) is 27.5. The molecule has 0 fully saturated rings. The van der Waals surface area contributed by atoms with Gasteiger partial charge in [-0.15, -0.1) is 0 Å². The van der Waals surface area contributed by atoms with Gasteiger partial charge in [-0.3, -0.25) is 9.79 Å².